The Balaban J connectivity index is 2.38. The number of rotatable bonds is 0. The van der Waals surface area contributed by atoms with E-state index in [1.54, 1.807) is 10.9 Å². The van der Waals surface area contributed by atoms with E-state index in [4.69, 9.17) is 4.74 Å². The molecular weight excluding hydrogens is 116 g/mol. The van der Waals surface area contributed by atoms with E-state index in [0.717, 1.165) is 18.9 Å². The van der Waals surface area contributed by atoms with Gasteiger partial charge in [-0.2, -0.15) is 0 Å². The van der Waals surface area contributed by atoms with Crippen LogP contribution in [-0.2, 0) is 4.74 Å². The fraction of sp³-hybridized carbons (Fsp3) is 0.333. The molecule has 0 saturated heterocycles. The lowest BCUT2D eigenvalue weighted by Gasteiger charge is -2.02. The van der Waals surface area contributed by atoms with Crippen LogP contribution in [0.5, 0.6) is 0 Å². The Bertz CT molecular complexity index is 215. The summed E-state index contributed by atoms with van der Waals surface area (Å²) in [6.45, 7) is 0.783. The predicted octanol–water partition coefficient (Wildman–Crippen LogP) is 0.331. The summed E-state index contributed by atoms with van der Waals surface area (Å²) in [6.07, 6.45) is 6.56. The molecule has 0 N–H and O–H groups in total. The first kappa shape index (κ1) is 4.73. The minimum absolute atomic E-state index is 0.783. The molecular formula is C6H7N2O+. The van der Waals surface area contributed by atoms with Crippen molar-refractivity contribution in [2.24, 2.45) is 5.10 Å². The van der Waals surface area contributed by atoms with Gasteiger partial charge in [0.2, 0.25) is 0 Å². The van der Waals surface area contributed by atoms with Crippen LogP contribution in [0.3, 0.4) is 0 Å². The third kappa shape index (κ3) is 0.650. The maximum Gasteiger partial charge on any atom is 0.400 e. The molecule has 9 heavy (non-hydrogen) atoms. The van der Waals surface area contributed by atoms with Crippen molar-refractivity contribution in [1.82, 2.24) is 0 Å². The highest BCUT2D eigenvalue weighted by Crippen LogP contribution is 2.08. The zero-order chi connectivity index (χ0) is 6.10. The molecule has 2 rings (SSSR count). The number of fused-ring (bicyclic) bond motifs is 1. The smallest absolute Gasteiger partial charge is 0.400 e. The molecule has 46 valence electrons. The molecule has 2 aliphatic heterocycles. The largest absolute Gasteiger partial charge is 0.442 e. The molecule has 0 atom stereocenters. The average Bonchev–Trinajstić information content (AvgIpc) is 2.33. The molecule has 0 fully saturated rings. The van der Waals surface area contributed by atoms with Gasteiger partial charge >= 0.3 is 5.88 Å². The van der Waals surface area contributed by atoms with Gasteiger partial charge in [0.25, 0.3) is 0 Å². The molecule has 3 nitrogen and oxygen atoms in total. The molecule has 3 heteroatoms. The van der Waals surface area contributed by atoms with Crippen LogP contribution in [0.1, 0.15) is 6.42 Å². The van der Waals surface area contributed by atoms with Crippen LogP contribution in [0.15, 0.2) is 17.1 Å². The van der Waals surface area contributed by atoms with Crippen molar-refractivity contribution in [2.45, 2.75) is 6.42 Å². The first-order valence-electron chi connectivity index (χ1n) is 2.96. The van der Waals surface area contributed by atoms with Crippen LogP contribution in [0, 0.1) is 0 Å². The molecule has 0 amide bonds. The van der Waals surface area contributed by atoms with Crippen LogP contribution in [-0.4, -0.2) is 23.7 Å². The number of hydrogen-bond donors (Lipinski definition) is 0. The van der Waals surface area contributed by atoms with Crippen LogP contribution in [0.2, 0.25) is 0 Å². The summed E-state index contributed by atoms with van der Waals surface area (Å²) in [6, 6.07) is 0. The van der Waals surface area contributed by atoms with Gasteiger partial charge in [-0.25, -0.2) is 0 Å². The molecule has 0 aliphatic carbocycles. The van der Waals surface area contributed by atoms with Crippen molar-refractivity contribution < 1.29 is 9.42 Å². The standard InChI is InChI=1S/C6H7N2O/c1-4-8-6(9-5-1)2-3-7-8/h2-4H,1,5H2/q+1. The quantitative estimate of drug-likeness (QED) is 0.426. The number of nitrogens with zero attached hydrogens (tertiary/aromatic N) is 2. The zero-order valence-corrected chi connectivity index (χ0v) is 4.95. The van der Waals surface area contributed by atoms with Crippen molar-refractivity contribution in [3.63, 3.8) is 0 Å². The molecule has 0 aromatic heterocycles. The van der Waals surface area contributed by atoms with Gasteiger partial charge in [0.1, 0.15) is 12.8 Å². The minimum Gasteiger partial charge on any atom is -0.442 e. The lowest BCUT2D eigenvalue weighted by molar-refractivity contribution is -0.513. The van der Waals surface area contributed by atoms with Crippen molar-refractivity contribution in [3.8, 4) is 0 Å². The molecule has 0 aromatic rings. The summed E-state index contributed by atoms with van der Waals surface area (Å²) in [4.78, 5) is 0. The maximum atomic E-state index is 5.23. The molecule has 0 bridgehead atoms. The Hall–Kier alpha value is -1.12. The first-order valence-corrected chi connectivity index (χ1v) is 2.96. The summed E-state index contributed by atoms with van der Waals surface area (Å²) in [7, 11) is 0. The topological polar surface area (TPSA) is 24.6 Å². The van der Waals surface area contributed by atoms with Gasteiger partial charge in [-0.3, -0.25) is 0 Å². The van der Waals surface area contributed by atoms with Crippen LogP contribution < -0.4 is 0 Å². The lowest BCUT2D eigenvalue weighted by atomic mass is 10.4. The second kappa shape index (κ2) is 1.69. The Kier molecular flexibility index (Phi) is 0.886. The second-order valence-electron chi connectivity index (χ2n) is 1.93. The zero-order valence-electron chi connectivity index (χ0n) is 4.95. The number of hydrazone groups is 1. The summed E-state index contributed by atoms with van der Waals surface area (Å²) in [5.41, 5.74) is 0. The van der Waals surface area contributed by atoms with Crippen molar-refractivity contribution in [1.29, 1.82) is 0 Å². The van der Waals surface area contributed by atoms with Crippen molar-refractivity contribution in [2.75, 3.05) is 6.61 Å². The monoisotopic (exact) mass is 123 g/mol. The van der Waals surface area contributed by atoms with Crippen LogP contribution >= 0.6 is 0 Å². The van der Waals surface area contributed by atoms with Crippen LogP contribution in [0.25, 0.3) is 0 Å². The van der Waals surface area contributed by atoms with E-state index in [-0.39, 0.29) is 0 Å². The third-order valence-electron chi connectivity index (χ3n) is 1.30. The van der Waals surface area contributed by atoms with E-state index >= 15 is 0 Å². The average molecular weight is 123 g/mol. The third-order valence-corrected chi connectivity index (χ3v) is 1.30. The maximum absolute atomic E-state index is 5.23. The SMILES string of the molecule is C1=N[N+]2=CCCOC2=C1. The first-order chi connectivity index (χ1) is 4.47. The lowest BCUT2D eigenvalue weighted by Crippen LogP contribution is -2.13. The van der Waals surface area contributed by atoms with Gasteiger partial charge in [0, 0.05) is 5.10 Å². The number of allylic oxidation sites excluding steroid dienone is 1. The Labute approximate surface area is 52.9 Å². The highest BCUT2D eigenvalue weighted by Gasteiger charge is 2.21. The van der Waals surface area contributed by atoms with Crippen molar-refractivity contribution >= 4 is 12.4 Å². The summed E-state index contributed by atoms with van der Waals surface area (Å²) >= 11 is 0. The van der Waals surface area contributed by atoms with Crippen molar-refractivity contribution in [3.05, 3.63) is 12.0 Å². The highest BCUT2D eigenvalue weighted by atomic mass is 16.5. The van der Waals surface area contributed by atoms with E-state index in [0.29, 0.717) is 0 Å². The van der Waals surface area contributed by atoms with E-state index in [1.165, 1.54) is 0 Å². The fourth-order valence-electron chi connectivity index (χ4n) is 0.892. The van der Waals surface area contributed by atoms with E-state index < -0.39 is 0 Å². The second-order valence-corrected chi connectivity index (χ2v) is 1.93. The van der Waals surface area contributed by atoms with E-state index in [2.05, 4.69) is 5.10 Å². The summed E-state index contributed by atoms with van der Waals surface area (Å²) < 4.78 is 6.99. The van der Waals surface area contributed by atoms with Gasteiger partial charge < -0.3 is 4.74 Å². The molecule has 0 aromatic carbocycles. The molecule has 0 radical (unpaired) electrons. The Morgan fingerprint density at radius 3 is 3.56 bits per heavy atom. The molecule has 0 spiro atoms. The molecule has 0 unspecified atom stereocenters. The number of hydrogen-bond acceptors (Lipinski definition) is 2. The van der Waals surface area contributed by atoms with E-state index in [9.17, 15) is 0 Å². The predicted molar refractivity (Wildman–Crippen MR) is 33.5 cm³/mol. The number of ether oxygens (including phenoxy) is 1. The fourth-order valence-corrected chi connectivity index (χ4v) is 0.892. The molecule has 0 saturated carbocycles. The Morgan fingerprint density at radius 1 is 1.67 bits per heavy atom. The highest BCUT2D eigenvalue weighted by molar-refractivity contribution is 5.72. The Morgan fingerprint density at radius 2 is 2.67 bits per heavy atom. The summed E-state index contributed by atoms with van der Waals surface area (Å²) in [5, 5.41) is 3.99. The van der Waals surface area contributed by atoms with E-state index in [1.807, 2.05) is 12.3 Å². The van der Waals surface area contributed by atoms with Gasteiger partial charge in [-0.15, -0.1) is 0 Å². The normalized spacial score (nSPS) is 22.2. The summed E-state index contributed by atoms with van der Waals surface area (Å²) in [5.74, 6) is 0.848. The van der Waals surface area contributed by atoms with Gasteiger partial charge in [0.05, 0.1) is 12.5 Å². The van der Waals surface area contributed by atoms with Gasteiger partial charge in [-0.05, 0) is 4.68 Å². The molecule has 2 aliphatic rings. The van der Waals surface area contributed by atoms with Crippen LogP contribution in [0.4, 0.5) is 0 Å². The molecule has 2 heterocycles. The van der Waals surface area contributed by atoms with Gasteiger partial charge in [0.15, 0.2) is 6.21 Å². The minimum atomic E-state index is 0.783. The van der Waals surface area contributed by atoms with Gasteiger partial charge in [-0.1, -0.05) is 0 Å².